The van der Waals surface area contributed by atoms with Gasteiger partial charge in [0.15, 0.2) is 5.82 Å². The maximum Gasteiger partial charge on any atom is 0.156 e. The summed E-state index contributed by atoms with van der Waals surface area (Å²) in [6.07, 6.45) is 5.52. The number of aromatic nitrogens is 3. The largest absolute Gasteiger partial charge is 0.351 e. The summed E-state index contributed by atoms with van der Waals surface area (Å²) in [5.74, 6) is 1.07. The highest BCUT2D eigenvalue weighted by Crippen LogP contribution is 2.53. The van der Waals surface area contributed by atoms with Crippen LogP contribution in [0.15, 0.2) is 29.0 Å². The van der Waals surface area contributed by atoms with Crippen LogP contribution in [0, 0.1) is 10.8 Å². The molecule has 1 aliphatic heterocycles. The lowest BCUT2D eigenvalue weighted by Gasteiger charge is -2.39. The smallest absolute Gasteiger partial charge is 0.156 e. The van der Waals surface area contributed by atoms with Crippen LogP contribution < -0.4 is 4.90 Å². The fraction of sp³-hybridized carbons (Fsp3) is 0.500. The molecule has 2 bridgehead atoms. The Morgan fingerprint density at radius 2 is 2.04 bits per heavy atom. The van der Waals surface area contributed by atoms with Crippen LogP contribution in [0.2, 0.25) is 0 Å². The molecule has 2 aliphatic rings. The molecular weight excluding hydrogens is 376 g/mol. The van der Waals surface area contributed by atoms with Crippen molar-refractivity contribution >= 4 is 43.7 Å². The highest BCUT2D eigenvalue weighted by molar-refractivity contribution is 9.10. The average Bonchev–Trinajstić information content (AvgIpc) is 3.00. The summed E-state index contributed by atoms with van der Waals surface area (Å²) in [7, 11) is 0. The summed E-state index contributed by atoms with van der Waals surface area (Å²) in [6.45, 7) is 8.36. The zero-order valence-electron chi connectivity index (χ0n) is 14.9. The number of H-pyrrole nitrogens is 1. The Hall–Kier alpha value is -1.62. The van der Waals surface area contributed by atoms with Crippen molar-refractivity contribution in [1.29, 1.82) is 0 Å². The topological polar surface area (TPSA) is 44.8 Å². The Balaban J connectivity index is 1.68. The first kappa shape index (κ1) is 15.6. The molecule has 0 unspecified atom stereocenters. The molecule has 4 nitrogen and oxygen atoms in total. The molecule has 2 fully saturated rings. The molecule has 5 rings (SSSR count). The van der Waals surface area contributed by atoms with Gasteiger partial charge < -0.3 is 9.88 Å². The van der Waals surface area contributed by atoms with E-state index >= 15 is 0 Å². The standard InChI is InChI=1S/C20H23BrN4/c1-19(2)7-13-8-20(3,9-19)10-25(13)18-17-16(22-11-23-18)14-6-12(21)4-5-15(14)24-17/h4-6,11,13,24H,7-10H2,1-3H3/t13-,20-/m0/s1. The SMILES string of the molecule is CC1(C)C[C@H]2C[C@](C)(CN2c2ncnc3c2[nH]c2ccc(Br)cc23)C1. The Morgan fingerprint density at radius 1 is 1.20 bits per heavy atom. The first-order chi connectivity index (χ1) is 11.8. The zero-order valence-corrected chi connectivity index (χ0v) is 16.5. The number of rotatable bonds is 1. The van der Waals surface area contributed by atoms with Gasteiger partial charge in [-0.3, -0.25) is 0 Å². The summed E-state index contributed by atoms with van der Waals surface area (Å²) in [4.78, 5) is 15.4. The average molecular weight is 399 g/mol. The normalized spacial score (nSPS) is 28.2. The van der Waals surface area contributed by atoms with E-state index in [2.05, 4.69) is 69.8 Å². The fourth-order valence-corrected chi connectivity index (χ4v) is 5.94. The number of hydrogen-bond acceptors (Lipinski definition) is 3. The minimum absolute atomic E-state index is 0.388. The summed E-state index contributed by atoms with van der Waals surface area (Å²) >= 11 is 3.58. The molecule has 0 amide bonds. The first-order valence-electron chi connectivity index (χ1n) is 9.02. The van der Waals surface area contributed by atoms with Crippen molar-refractivity contribution in [2.75, 3.05) is 11.4 Å². The number of halogens is 1. The zero-order chi connectivity index (χ0) is 17.4. The molecule has 3 aromatic rings. The molecule has 1 aliphatic carbocycles. The highest BCUT2D eigenvalue weighted by Gasteiger charge is 2.50. The van der Waals surface area contributed by atoms with Gasteiger partial charge in [0, 0.05) is 28.0 Å². The molecule has 130 valence electrons. The van der Waals surface area contributed by atoms with Crippen LogP contribution in [0.25, 0.3) is 21.9 Å². The van der Waals surface area contributed by atoms with E-state index in [-0.39, 0.29) is 0 Å². The van der Waals surface area contributed by atoms with E-state index in [1.54, 1.807) is 6.33 Å². The highest BCUT2D eigenvalue weighted by atomic mass is 79.9. The predicted molar refractivity (Wildman–Crippen MR) is 106 cm³/mol. The van der Waals surface area contributed by atoms with Crippen LogP contribution in [0.3, 0.4) is 0 Å². The van der Waals surface area contributed by atoms with Crippen LogP contribution >= 0.6 is 15.9 Å². The van der Waals surface area contributed by atoms with Gasteiger partial charge in [0.05, 0.1) is 0 Å². The van der Waals surface area contributed by atoms with Crippen molar-refractivity contribution in [1.82, 2.24) is 15.0 Å². The molecule has 1 aromatic carbocycles. The fourth-order valence-electron chi connectivity index (χ4n) is 5.58. The number of anilines is 1. The molecule has 5 heteroatoms. The van der Waals surface area contributed by atoms with Gasteiger partial charge >= 0.3 is 0 Å². The minimum Gasteiger partial charge on any atom is -0.351 e. The minimum atomic E-state index is 0.388. The van der Waals surface area contributed by atoms with E-state index in [9.17, 15) is 0 Å². The second-order valence-corrected chi connectivity index (χ2v) is 9.99. The number of nitrogens with zero attached hydrogens (tertiary/aromatic N) is 3. The van der Waals surface area contributed by atoms with E-state index in [4.69, 9.17) is 4.98 Å². The molecule has 0 spiro atoms. The van der Waals surface area contributed by atoms with Crippen LogP contribution in [-0.2, 0) is 0 Å². The first-order valence-corrected chi connectivity index (χ1v) is 9.82. The molecule has 1 saturated carbocycles. The number of nitrogens with one attached hydrogen (secondary N) is 1. The lowest BCUT2D eigenvalue weighted by molar-refractivity contribution is 0.136. The molecule has 2 atom stereocenters. The van der Waals surface area contributed by atoms with Gasteiger partial charge in [-0.1, -0.05) is 36.7 Å². The van der Waals surface area contributed by atoms with Crippen LogP contribution in [0.4, 0.5) is 5.82 Å². The molecule has 1 N–H and O–H groups in total. The number of hydrogen-bond donors (Lipinski definition) is 1. The molecule has 0 radical (unpaired) electrons. The van der Waals surface area contributed by atoms with E-state index in [0.29, 0.717) is 16.9 Å². The van der Waals surface area contributed by atoms with Crippen LogP contribution in [-0.4, -0.2) is 27.5 Å². The third kappa shape index (κ3) is 2.39. The van der Waals surface area contributed by atoms with E-state index in [0.717, 1.165) is 38.8 Å². The van der Waals surface area contributed by atoms with Gasteiger partial charge in [0.25, 0.3) is 0 Å². The maximum absolute atomic E-state index is 4.72. The van der Waals surface area contributed by atoms with E-state index < -0.39 is 0 Å². The molecule has 2 aromatic heterocycles. The monoisotopic (exact) mass is 398 g/mol. The number of aromatic amines is 1. The molecule has 1 saturated heterocycles. The molecular formula is C20H23BrN4. The summed E-state index contributed by atoms with van der Waals surface area (Å²) in [6, 6.07) is 6.89. The Kier molecular flexibility index (Phi) is 3.10. The summed E-state index contributed by atoms with van der Waals surface area (Å²) in [5.41, 5.74) is 4.01. The van der Waals surface area contributed by atoms with Crippen molar-refractivity contribution in [2.45, 2.75) is 46.1 Å². The van der Waals surface area contributed by atoms with E-state index in [1.807, 2.05) is 0 Å². The Bertz CT molecular complexity index is 992. The Labute approximate surface area is 156 Å². The predicted octanol–water partition coefficient (Wildman–Crippen LogP) is 5.28. The van der Waals surface area contributed by atoms with Gasteiger partial charge in [-0.15, -0.1) is 0 Å². The van der Waals surface area contributed by atoms with Gasteiger partial charge in [-0.05, 0) is 48.3 Å². The van der Waals surface area contributed by atoms with Crippen molar-refractivity contribution < 1.29 is 0 Å². The van der Waals surface area contributed by atoms with Crippen molar-refractivity contribution in [2.24, 2.45) is 10.8 Å². The number of fused-ring (bicyclic) bond motifs is 5. The Morgan fingerprint density at radius 3 is 2.88 bits per heavy atom. The van der Waals surface area contributed by atoms with Gasteiger partial charge in [0.1, 0.15) is 17.4 Å². The summed E-state index contributed by atoms with van der Waals surface area (Å²) < 4.78 is 1.08. The van der Waals surface area contributed by atoms with Crippen molar-refractivity contribution in [3.8, 4) is 0 Å². The lowest BCUT2D eigenvalue weighted by atomic mass is 9.65. The lowest BCUT2D eigenvalue weighted by Crippen LogP contribution is -2.35. The molecule has 25 heavy (non-hydrogen) atoms. The second kappa shape index (κ2) is 4.97. The van der Waals surface area contributed by atoms with Crippen LogP contribution in [0.5, 0.6) is 0 Å². The quantitative estimate of drug-likeness (QED) is 0.606. The maximum atomic E-state index is 4.72. The van der Waals surface area contributed by atoms with E-state index in [1.165, 1.54) is 19.3 Å². The third-order valence-electron chi connectivity index (χ3n) is 6.01. The molecule has 3 heterocycles. The van der Waals surface area contributed by atoms with Crippen LogP contribution in [0.1, 0.15) is 40.0 Å². The third-order valence-corrected chi connectivity index (χ3v) is 6.50. The van der Waals surface area contributed by atoms with Gasteiger partial charge in [-0.25, -0.2) is 9.97 Å². The van der Waals surface area contributed by atoms with Crippen molar-refractivity contribution in [3.63, 3.8) is 0 Å². The van der Waals surface area contributed by atoms with Gasteiger partial charge in [-0.2, -0.15) is 0 Å². The number of benzene rings is 1. The summed E-state index contributed by atoms with van der Waals surface area (Å²) in [5, 5.41) is 1.15. The second-order valence-electron chi connectivity index (χ2n) is 9.08. The van der Waals surface area contributed by atoms with Crippen molar-refractivity contribution in [3.05, 3.63) is 29.0 Å². The van der Waals surface area contributed by atoms with Gasteiger partial charge in [0.2, 0.25) is 0 Å².